The number of carbonyl (C=O) groups is 2. The van der Waals surface area contributed by atoms with Gasteiger partial charge in [-0.25, -0.2) is 8.42 Å². The highest BCUT2D eigenvalue weighted by atomic mass is 32.2. The molecule has 0 amide bonds. The number of piperidine rings is 1. The van der Waals surface area contributed by atoms with Crippen molar-refractivity contribution in [1.29, 1.82) is 0 Å². The van der Waals surface area contributed by atoms with E-state index in [4.69, 9.17) is 14.2 Å². The Balaban J connectivity index is 1.30. The van der Waals surface area contributed by atoms with Gasteiger partial charge in [-0.1, -0.05) is 38.1 Å². The molecule has 4 rings (SSSR count). The number of sulfonamides is 1. The molecular weight excluding hydrogens is 458 g/mol. The van der Waals surface area contributed by atoms with Gasteiger partial charge in [-0.2, -0.15) is 4.31 Å². The molecule has 2 aromatic rings. The van der Waals surface area contributed by atoms with Gasteiger partial charge in [0.2, 0.25) is 10.0 Å². The van der Waals surface area contributed by atoms with Crippen LogP contribution in [-0.2, 0) is 19.6 Å². The summed E-state index contributed by atoms with van der Waals surface area (Å²) in [6.45, 7) is 5.02. The molecule has 0 atom stereocenters. The van der Waals surface area contributed by atoms with Crippen LogP contribution in [0.2, 0.25) is 0 Å². The zero-order valence-corrected chi connectivity index (χ0v) is 20.2. The maximum atomic E-state index is 13.1. The van der Waals surface area contributed by atoms with Gasteiger partial charge in [0.1, 0.15) is 13.2 Å². The third-order valence-electron chi connectivity index (χ3n) is 6.18. The Hall–Kier alpha value is -2.91. The van der Waals surface area contributed by atoms with Gasteiger partial charge in [0.05, 0.1) is 10.8 Å². The quantitative estimate of drug-likeness (QED) is 0.436. The summed E-state index contributed by atoms with van der Waals surface area (Å²) >= 11 is 0. The van der Waals surface area contributed by atoms with Crippen LogP contribution in [0, 0.1) is 5.92 Å². The van der Waals surface area contributed by atoms with Crippen LogP contribution in [0.4, 0.5) is 0 Å². The minimum Gasteiger partial charge on any atom is -0.486 e. The van der Waals surface area contributed by atoms with E-state index >= 15 is 0 Å². The summed E-state index contributed by atoms with van der Waals surface area (Å²) in [5.74, 6) is 0.131. The van der Waals surface area contributed by atoms with E-state index in [0.717, 1.165) is 5.56 Å². The summed E-state index contributed by atoms with van der Waals surface area (Å²) in [4.78, 5) is 25.0. The molecule has 182 valence electrons. The first-order valence-electron chi connectivity index (χ1n) is 11.5. The number of ketones is 1. The van der Waals surface area contributed by atoms with E-state index in [2.05, 4.69) is 13.8 Å². The Morgan fingerprint density at radius 3 is 2.29 bits per heavy atom. The van der Waals surface area contributed by atoms with Gasteiger partial charge in [0, 0.05) is 24.7 Å². The van der Waals surface area contributed by atoms with Crippen LogP contribution in [-0.4, -0.2) is 57.4 Å². The molecule has 2 aromatic carbocycles. The van der Waals surface area contributed by atoms with Gasteiger partial charge in [-0.15, -0.1) is 0 Å². The molecule has 0 saturated carbocycles. The number of ether oxygens (including phenoxy) is 3. The van der Waals surface area contributed by atoms with Crippen LogP contribution >= 0.6 is 0 Å². The van der Waals surface area contributed by atoms with Crippen molar-refractivity contribution in [3.63, 3.8) is 0 Å². The number of hydrogen-bond acceptors (Lipinski definition) is 7. The molecule has 0 spiro atoms. The lowest BCUT2D eigenvalue weighted by molar-refractivity contribution is -0.148. The lowest BCUT2D eigenvalue weighted by atomic mass is 9.98. The van der Waals surface area contributed by atoms with E-state index in [-0.39, 0.29) is 30.4 Å². The van der Waals surface area contributed by atoms with E-state index < -0.39 is 21.9 Å². The standard InChI is InChI=1S/C25H29NO7S/c1-17(2)18-3-5-19(6-4-18)22(27)16-33-25(28)20-9-11-26(12-10-20)34(29,30)21-7-8-23-24(15-21)32-14-13-31-23/h3-8,15,17,20H,9-14,16H2,1-2H3. The predicted octanol–water partition coefficient (Wildman–Crippen LogP) is 3.41. The molecule has 34 heavy (non-hydrogen) atoms. The van der Waals surface area contributed by atoms with Crippen LogP contribution in [0.5, 0.6) is 11.5 Å². The number of nitrogens with zero attached hydrogens (tertiary/aromatic N) is 1. The normalized spacial score (nSPS) is 16.9. The third kappa shape index (κ3) is 5.26. The van der Waals surface area contributed by atoms with Crippen LogP contribution < -0.4 is 9.47 Å². The van der Waals surface area contributed by atoms with Gasteiger partial charge in [0.25, 0.3) is 0 Å². The first-order chi connectivity index (χ1) is 16.3. The highest BCUT2D eigenvalue weighted by molar-refractivity contribution is 7.89. The molecule has 0 bridgehead atoms. The van der Waals surface area contributed by atoms with Crippen molar-refractivity contribution in [3.05, 3.63) is 53.6 Å². The van der Waals surface area contributed by atoms with Gasteiger partial charge in [0.15, 0.2) is 23.9 Å². The second-order valence-electron chi connectivity index (χ2n) is 8.79. The van der Waals surface area contributed by atoms with Crippen LogP contribution in [0.25, 0.3) is 0 Å². The van der Waals surface area contributed by atoms with Crippen molar-refractivity contribution in [3.8, 4) is 11.5 Å². The Morgan fingerprint density at radius 2 is 1.65 bits per heavy atom. The molecular formula is C25H29NO7S. The Bertz CT molecular complexity index is 1150. The van der Waals surface area contributed by atoms with Crippen LogP contribution in [0.3, 0.4) is 0 Å². The van der Waals surface area contributed by atoms with E-state index in [0.29, 0.717) is 49.0 Å². The average molecular weight is 488 g/mol. The minimum atomic E-state index is -3.72. The number of hydrogen-bond donors (Lipinski definition) is 0. The van der Waals surface area contributed by atoms with E-state index in [9.17, 15) is 18.0 Å². The third-order valence-corrected chi connectivity index (χ3v) is 8.08. The Kier molecular flexibility index (Phi) is 7.23. The molecule has 0 radical (unpaired) electrons. The summed E-state index contributed by atoms with van der Waals surface area (Å²) in [7, 11) is -3.72. The van der Waals surface area contributed by atoms with Gasteiger partial charge < -0.3 is 14.2 Å². The number of rotatable bonds is 7. The van der Waals surface area contributed by atoms with Gasteiger partial charge >= 0.3 is 5.97 Å². The van der Waals surface area contributed by atoms with Crippen LogP contribution in [0.1, 0.15) is 48.5 Å². The highest BCUT2D eigenvalue weighted by Crippen LogP contribution is 2.34. The second-order valence-corrected chi connectivity index (χ2v) is 10.7. The smallest absolute Gasteiger partial charge is 0.309 e. The zero-order valence-electron chi connectivity index (χ0n) is 19.4. The summed E-state index contributed by atoms with van der Waals surface area (Å²) in [5.41, 5.74) is 1.63. The number of esters is 1. The average Bonchev–Trinajstić information content (AvgIpc) is 2.86. The molecule has 1 fully saturated rings. The van der Waals surface area contributed by atoms with Crippen molar-refractivity contribution >= 4 is 21.8 Å². The zero-order chi connectivity index (χ0) is 24.3. The molecule has 0 unspecified atom stereocenters. The molecule has 0 N–H and O–H groups in total. The van der Waals surface area contributed by atoms with Crippen molar-refractivity contribution in [1.82, 2.24) is 4.31 Å². The van der Waals surface area contributed by atoms with Crippen molar-refractivity contribution in [2.24, 2.45) is 5.92 Å². The predicted molar refractivity (Wildman–Crippen MR) is 125 cm³/mol. The van der Waals surface area contributed by atoms with E-state index in [1.165, 1.54) is 16.4 Å². The largest absolute Gasteiger partial charge is 0.486 e. The fraction of sp³-hybridized carbons (Fsp3) is 0.440. The Labute approximate surface area is 199 Å². The molecule has 2 heterocycles. The summed E-state index contributed by atoms with van der Waals surface area (Å²) in [5, 5.41) is 0. The molecule has 2 aliphatic heterocycles. The van der Waals surface area contributed by atoms with E-state index in [1.807, 2.05) is 12.1 Å². The maximum Gasteiger partial charge on any atom is 0.309 e. The van der Waals surface area contributed by atoms with Gasteiger partial charge in [-0.05, 0) is 36.5 Å². The fourth-order valence-corrected chi connectivity index (χ4v) is 5.54. The molecule has 1 saturated heterocycles. The van der Waals surface area contributed by atoms with Gasteiger partial charge in [-0.3, -0.25) is 9.59 Å². The number of carbonyl (C=O) groups excluding carboxylic acids is 2. The first kappa shape index (κ1) is 24.2. The number of Topliss-reactive ketones (excluding diaryl/α,β-unsaturated/α-hetero) is 1. The topological polar surface area (TPSA) is 99.2 Å². The van der Waals surface area contributed by atoms with Crippen molar-refractivity contribution in [2.75, 3.05) is 32.9 Å². The highest BCUT2D eigenvalue weighted by Gasteiger charge is 2.33. The Morgan fingerprint density at radius 1 is 1.00 bits per heavy atom. The fourth-order valence-electron chi connectivity index (χ4n) is 4.06. The van der Waals surface area contributed by atoms with Crippen molar-refractivity contribution < 1.29 is 32.2 Å². The summed E-state index contributed by atoms with van der Waals surface area (Å²) in [6, 6.07) is 11.9. The molecule has 9 heteroatoms. The second kappa shape index (κ2) is 10.1. The summed E-state index contributed by atoms with van der Waals surface area (Å²) in [6.07, 6.45) is 0.666. The van der Waals surface area contributed by atoms with E-state index in [1.54, 1.807) is 18.2 Å². The summed E-state index contributed by atoms with van der Waals surface area (Å²) < 4.78 is 43.7. The number of benzene rings is 2. The number of fused-ring (bicyclic) bond motifs is 1. The lowest BCUT2D eigenvalue weighted by Gasteiger charge is -2.30. The molecule has 0 aliphatic carbocycles. The molecule has 8 nitrogen and oxygen atoms in total. The lowest BCUT2D eigenvalue weighted by Crippen LogP contribution is -2.40. The minimum absolute atomic E-state index is 0.131. The molecule has 0 aromatic heterocycles. The van der Waals surface area contributed by atoms with Crippen molar-refractivity contribution in [2.45, 2.75) is 37.5 Å². The molecule has 2 aliphatic rings. The van der Waals surface area contributed by atoms with Crippen LogP contribution in [0.15, 0.2) is 47.4 Å². The monoisotopic (exact) mass is 487 g/mol. The maximum absolute atomic E-state index is 13.1. The first-order valence-corrected chi connectivity index (χ1v) is 12.9. The SMILES string of the molecule is CC(C)c1ccc(C(=O)COC(=O)C2CCN(S(=O)(=O)c3ccc4c(c3)OCCO4)CC2)cc1.